The minimum atomic E-state index is 1.15. The molecule has 21 heavy (non-hydrogen) atoms. The van der Waals surface area contributed by atoms with E-state index in [9.17, 15) is 0 Å². The van der Waals surface area contributed by atoms with Crippen molar-refractivity contribution in [1.82, 2.24) is 0 Å². The molecule has 1 saturated heterocycles. The van der Waals surface area contributed by atoms with Crippen molar-refractivity contribution in [1.29, 1.82) is 0 Å². The monoisotopic (exact) mass is 288 g/mol. The van der Waals surface area contributed by atoms with Crippen LogP contribution in [0.15, 0.2) is 0 Å². The van der Waals surface area contributed by atoms with E-state index in [0.29, 0.717) is 0 Å². The number of unbranched alkanes of at least 4 members (excludes halogenated alkanes) is 5. The number of hydrogen-bond acceptors (Lipinski definition) is 0. The molecule has 0 aromatic carbocycles. The summed E-state index contributed by atoms with van der Waals surface area (Å²) in [5, 5.41) is 0. The molecule has 2 saturated carbocycles. The molecular formula is C20H37B. The van der Waals surface area contributed by atoms with Crippen LogP contribution in [-0.2, 0) is 0 Å². The van der Waals surface area contributed by atoms with Crippen molar-refractivity contribution in [3.63, 3.8) is 0 Å². The van der Waals surface area contributed by atoms with Crippen molar-refractivity contribution in [3.8, 4) is 0 Å². The first kappa shape index (κ1) is 15.9. The molecule has 0 aromatic rings. The van der Waals surface area contributed by atoms with Crippen molar-refractivity contribution in [2.75, 3.05) is 0 Å². The van der Waals surface area contributed by atoms with E-state index in [-0.39, 0.29) is 0 Å². The van der Waals surface area contributed by atoms with Crippen LogP contribution in [0, 0.1) is 11.8 Å². The maximum atomic E-state index is 2.32. The zero-order valence-corrected chi connectivity index (χ0v) is 14.5. The molecule has 0 radical (unpaired) electrons. The van der Waals surface area contributed by atoms with Crippen LogP contribution in [0.5, 0.6) is 0 Å². The van der Waals surface area contributed by atoms with E-state index in [0.717, 1.165) is 30.2 Å². The molecule has 0 bridgehead atoms. The summed E-state index contributed by atoms with van der Waals surface area (Å²) >= 11 is 0. The molecule has 0 aromatic heterocycles. The molecule has 3 rings (SSSR count). The summed E-state index contributed by atoms with van der Waals surface area (Å²) in [7, 11) is 0. The van der Waals surface area contributed by atoms with Gasteiger partial charge in [0.15, 0.2) is 0 Å². The van der Waals surface area contributed by atoms with Crippen LogP contribution in [-0.4, -0.2) is 6.71 Å². The fourth-order valence-electron chi connectivity index (χ4n) is 6.41. The smallest absolute Gasteiger partial charge is 0.0737 e. The van der Waals surface area contributed by atoms with Crippen LogP contribution >= 0.6 is 0 Å². The lowest BCUT2D eigenvalue weighted by Crippen LogP contribution is -2.24. The highest BCUT2D eigenvalue weighted by molar-refractivity contribution is 6.63. The molecule has 0 spiro atoms. The second kappa shape index (κ2) is 8.07. The SMILES string of the molecule is CCCCCCCCB1C2CCCCC2C2CCCCC12. The quantitative estimate of drug-likeness (QED) is 0.350. The molecule has 3 fully saturated rings. The average Bonchev–Trinajstić information content (AvgIpc) is 2.85. The highest BCUT2D eigenvalue weighted by Crippen LogP contribution is 2.60. The summed E-state index contributed by atoms with van der Waals surface area (Å²) in [4.78, 5) is 0. The van der Waals surface area contributed by atoms with Gasteiger partial charge in [0.2, 0.25) is 0 Å². The van der Waals surface area contributed by atoms with E-state index in [1.54, 1.807) is 64.1 Å². The fraction of sp³-hybridized carbons (Fsp3) is 1.00. The van der Waals surface area contributed by atoms with Crippen molar-refractivity contribution >= 4 is 6.71 Å². The molecule has 1 heteroatoms. The van der Waals surface area contributed by atoms with Gasteiger partial charge in [0.05, 0.1) is 0 Å². The predicted molar refractivity (Wildman–Crippen MR) is 95.4 cm³/mol. The lowest BCUT2D eigenvalue weighted by atomic mass is 9.32. The standard InChI is InChI=1S/C20H37B/c1-2-3-4-5-6-11-16-21-19-14-9-7-12-17(19)18-13-8-10-15-20(18)21/h17-20H,2-16H2,1H3. The van der Waals surface area contributed by atoms with Crippen molar-refractivity contribution < 1.29 is 0 Å². The molecule has 0 nitrogen and oxygen atoms in total. The van der Waals surface area contributed by atoms with Crippen LogP contribution in [0.4, 0.5) is 0 Å². The summed E-state index contributed by atoms with van der Waals surface area (Å²) in [6.45, 7) is 3.47. The molecule has 0 amide bonds. The van der Waals surface area contributed by atoms with Crippen molar-refractivity contribution in [2.45, 2.75) is 115 Å². The fourth-order valence-corrected chi connectivity index (χ4v) is 6.41. The van der Waals surface area contributed by atoms with Crippen LogP contribution in [0.25, 0.3) is 0 Å². The summed E-state index contributed by atoms with van der Waals surface area (Å²) in [5.74, 6) is 4.63. The first-order chi connectivity index (χ1) is 10.4. The maximum Gasteiger partial charge on any atom is 0.146 e. The van der Waals surface area contributed by atoms with E-state index in [4.69, 9.17) is 0 Å². The van der Waals surface area contributed by atoms with Crippen LogP contribution in [0.3, 0.4) is 0 Å². The molecule has 3 aliphatic rings. The third kappa shape index (κ3) is 3.70. The third-order valence-electron chi connectivity index (χ3n) is 7.29. The Morgan fingerprint density at radius 2 is 1.19 bits per heavy atom. The lowest BCUT2D eigenvalue weighted by Gasteiger charge is -2.33. The highest BCUT2D eigenvalue weighted by Gasteiger charge is 2.51. The number of hydrogen-bond donors (Lipinski definition) is 0. The summed E-state index contributed by atoms with van der Waals surface area (Å²) in [6.07, 6.45) is 23.1. The van der Waals surface area contributed by atoms with Gasteiger partial charge in [-0.25, -0.2) is 0 Å². The normalized spacial score (nSPS) is 35.6. The largest absolute Gasteiger partial charge is 0.146 e. The third-order valence-corrected chi connectivity index (χ3v) is 7.29. The van der Waals surface area contributed by atoms with Gasteiger partial charge in [-0.05, 0) is 11.8 Å². The van der Waals surface area contributed by atoms with Crippen LogP contribution in [0.2, 0.25) is 18.0 Å². The Labute approximate surface area is 133 Å². The zero-order chi connectivity index (χ0) is 14.5. The van der Waals surface area contributed by atoms with Gasteiger partial charge in [-0.15, -0.1) is 0 Å². The van der Waals surface area contributed by atoms with E-state index in [1.165, 1.54) is 32.1 Å². The minimum Gasteiger partial charge on any atom is -0.0737 e. The zero-order valence-electron chi connectivity index (χ0n) is 14.5. The van der Waals surface area contributed by atoms with E-state index >= 15 is 0 Å². The van der Waals surface area contributed by atoms with Gasteiger partial charge in [-0.3, -0.25) is 0 Å². The molecule has 120 valence electrons. The summed E-state index contributed by atoms with van der Waals surface area (Å²) in [5.41, 5.74) is 0. The average molecular weight is 288 g/mol. The summed E-state index contributed by atoms with van der Waals surface area (Å²) < 4.78 is 0. The van der Waals surface area contributed by atoms with Gasteiger partial charge in [-0.2, -0.15) is 0 Å². The molecule has 0 N–H and O–H groups in total. The molecule has 1 heterocycles. The first-order valence-corrected chi connectivity index (χ1v) is 10.4. The Balaban J connectivity index is 1.50. The second-order valence-electron chi connectivity index (χ2n) is 8.44. The van der Waals surface area contributed by atoms with Gasteiger partial charge in [0.1, 0.15) is 6.71 Å². The molecule has 4 unspecified atom stereocenters. The Morgan fingerprint density at radius 1 is 0.667 bits per heavy atom. The lowest BCUT2D eigenvalue weighted by molar-refractivity contribution is 0.226. The molecule has 2 aliphatic carbocycles. The van der Waals surface area contributed by atoms with Gasteiger partial charge in [0.25, 0.3) is 0 Å². The van der Waals surface area contributed by atoms with Gasteiger partial charge >= 0.3 is 0 Å². The van der Waals surface area contributed by atoms with Gasteiger partial charge < -0.3 is 0 Å². The van der Waals surface area contributed by atoms with Crippen molar-refractivity contribution in [2.24, 2.45) is 11.8 Å². The predicted octanol–water partition coefficient (Wildman–Crippen LogP) is 6.98. The molecule has 4 atom stereocenters. The number of rotatable bonds is 7. The topological polar surface area (TPSA) is 0 Å². The summed E-state index contributed by atoms with van der Waals surface area (Å²) in [6, 6.07) is 0. The van der Waals surface area contributed by atoms with Crippen molar-refractivity contribution in [3.05, 3.63) is 0 Å². The minimum absolute atomic E-state index is 1.15. The second-order valence-corrected chi connectivity index (χ2v) is 8.44. The van der Waals surface area contributed by atoms with E-state index < -0.39 is 0 Å². The highest BCUT2D eigenvalue weighted by atomic mass is 14.4. The molecular weight excluding hydrogens is 251 g/mol. The Hall–Kier alpha value is 0.0649. The maximum absolute atomic E-state index is 2.32. The first-order valence-electron chi connectivity index (χ1n) is 10.4. The Bertz CT molecular complexity index is 278. The van der Waals surface area contributed by atoms with E-state index in [2.05, 4.69) is 6.92 Å². The van der Waals surface area contributed by atoms with Crippen LogP contribution < -0.4 is 0 Å². The molecule has 1 aliphatic heterocycles. The van der Waals surface area contributed by atoms with Gasteiger partial charge in [-0.1, -0.05) is 115 Å². The Morgan fingerprint density at radius 3 is 1.81 bits per heavy atom. The van der Waals surface area contributed by atoms with Crippen LogP contribution in [0.1, 0.15) is 96.8 Å². The van der Waals surface area contributed by atoms with Gasteiger partial charge in [0, 0.05) is 0 Å². The van der Waals surface area contributed by atoms with E-state index in [1.807, 2.05) is 0 Å². The Kier molecular flexibility index (Phi) is 6.12. The number of fused-ring (bicyclic) bond motifs is 3.